The Hall–Kier alpha value is -3.36. The number of ether oxygens (including phenoxy) is 1. The molecule has 4 bridgehead atoms. The van der Waals surface area contributed by atoms with Gasteiger partial charge in [0.25, 0.3) is 5.91 Å². The summed E-state index contributed by atoms with van der Waals surface area (Å²) in [4.78, 5) is 28.6. The molecule has 0 unspecified atom stereocenters. The molecule has 3 aromatic heterocycles. The molecule has 3 aromatic rings. The summed E-state index contributed by atoms with van der Waals surface area (Å²) in [7, 11) is 0. The molecular formula is C25H29N5O4. The smallest absolute Gasteiger partial charge is 0.449 e. The van der Waals surface area contributed by atoms with Crippen LogP contribution < -0.4 is 10.1 Å². The number of imidazole rings is 1. The lowest BCUT2D eigenvalue weighted by molar-refractivity contribution is -0.0503. The van der Waals surface area contributed by atoms with Gasteiger partial charge in [0.2, 0.25) is 5.88 Å². The molecule has 34 heavy (non-hydrogen) atoms. The van der Waals surface area contributed by atoms with Crippen LogP contribution in [0.2, 0.25) is 0 Å². The van der Waals surface area contributed by atoms with E-state index in [0.717, 1.165) is 35.7 Å². The minimum atomic E-state index is -1.40. The van der Waals surface area contributed by atoms with E-state index in [4.69, 9.17) is 5.11 Å². The summed E-state index contributed by atoms with van der Waals surface area (Å²) in [6.45, 7) is 2.91. The fraction of sp³-hybridized carbons (Fsp3) is 0.520. The van der Waals surface area contributed by atoms with Crippen molar-refractivity contribution >= 4 is 17.7 Å². The third-order valence-corrected chi connectivity index (χ3v) is 8.03. The molecule has 0 aromatic carbocycles. The molecule has 4 fully saturated rings. The normalized spacial score (nSPS) is 27.3. The van der Waals surface area contributed by atoms with Gasteiger partial charge in [-0.05, 0) is 80.8 Å². The molecular weight excluding hydrogens is 434 g/mol. The topological polar surface area (TPSA) is 111 Å². The molecule has 4 aliphatic rings. The summed E-state index contributed by atoms with van der Waals surface area (Å²) in [6, 6.07) is 7.11. The average molecular weight is 464 g/mol. The highest BCUT2D eigenvalue weighted by Crippen LogP contribution is 2.59. The van der Waals surface area contributed by atoms with Crippen LogP contribution >= 0.6 is 0 Å². The molecule has 0 aliphatic heterocycles. The lowest BCUT2D eigenvalue weighted by Gasteiger charge is -2.56. The summed E-state index contributed by atoms with van der Waals surface area (Å²) >= 11 is 0. The molecule has 0 spiro atoms. The van der Waals surface area contributed by atoms with E-state index in [2.05, 4.69) is 20.1 Å². The first-order chi connectivity index (χ1) is 16.4. The van der Waals surface area contributed by atoms with E-state index in [-0.39, 0.29) is 17.2 Å². The Bertz CT molecular complexity index is 1240. The summed E-state index contributed by atoms with van der Waals surface area (Å²) < 4.78 is 8.09. The maximum absolute atomic E-state index is 13.2. The van der Waals surface area contributed by atoms with Crippen molar-refractivity contribution in [3.8, 4) is 5.88 Å². The molecule has 4 saturated carbocycles. The first-order valence-corrected chi connectivity index (χ1v) is 12.1. The number of carbonyl (C=O) groups excluding carboxylic acids is 1. The number of hydrogen-bond donors (Lipinski definition) is 2. The first kappa shape index (κ1) is 21.2. The van der Waals surface area contributed by atoms with Gasteiger partial charge in [-0.2, -0.15) is 0 Å². The SMILES string of the molecule is Cc1cc(OC(=O)O)nn1Cc1cn2c(C(=O)NCC34CC5CC(CC(C5)C3)C4)cccc2n1. The maximum atomic E-state index is 13.2. The number of amides is 1. The number of pyridine rings is 1. The van der Waals surface area contributed by atoms with E-state index in [9.17, 15) is 9.59 Å². The third-order valence-electron chi connectivity index (χ3n) is 8.03. The zero-order valence-electron chi connectivity index (χ0n) is 19.2. The van der Waals surface area contributed by atoms with E-state index in [1.807, 2.05) is 35.7 Å². The van der Waals surface area contributed by atoms with Crippen LogP contribution in [0.1, 0.15) is 60.4 Å². The lowest BCUT2D eigenvalue weighted by atomic mass is 9.49. The van der Waals surface area contributed by atoms with Crippen molar-refractivity contribution in [3.05, 3.63) is 47.5 Å². The van der Waals surface area contributed by atoms with Crippen molar-refractivity contribution in [1.29, 1.82) is 0 Å². The number of fused-ring (bicyclic) bond motifs is 1. The van der Waals surface area contributed by atoms with Gasteiger partial charge in [0.1, 0.15) is 11.3 Å². The minimum absolute atomic E-state index is 0.0264. The van der Waals surface area contributed by atoms with Crippen molar-refractivity contribution in [1.82, 2.24) is 24.5 Å². The number of carboxylic acid groups (broad SMARTS) is 1. The average Bonchev–Trinajstić information content (AvgIpc) is 3.33. The second-order valence-corrected chi connectivity index (χ2v) is 10.6. The summed E-state index contributed by atoms with van der Waals surface area (Å²) in [5, 5.41) is 16.2. The lowest BCUT2D eigenvalue weighted by Crippen LogP contribution is -2.51. The first-order valence-electron chi connectivity index (χ1n) is 12.1. The molecule has 0 radical (unpaired) electrons. The predicted octanol–water partition coefficient (Wildman–Crippen LogP) is 3.89. The van der Waals surface area contributed by atoms with E-state index >= 15 is 0 Å². The molecule has 0 atom stereocenters. The highest BCUT2D eigenvalue weighted by Gasteiger charge is 2.50. The summed E-state index contributed by atoms with van der Waals surface area (Å²) in [5.74, 6) is 2.52. The number of rotatable bonds is 6. The summed E-state index contributed by atoms with van der Waals surface area (Å²) in [5.41, 5.74) is 3.00. The van der Waals surface area contributed by atoms with Crippen LogP contribution in [0.15, 0.2) is 30.5 Å². The Morgan fingerprint density at radius 2 is 1.88 bits per heavy atom. The van der Waals surface area contributed by atoms with Gasteiger partial charge in [-0.15, -0.1) is 5.10 Å². The zero-order chi connectivity index (χ0) is 23.4. The van der Waals surface area contributed by atoms with Gasteiger partial charge in [0, 0.05) is 24.5 Å². The number of nitrogens with zero attached hydrogens (tertiary/aromatic N) is 4. The third kappa shape index (κ3) is 3.82. The number of carbonyl (C=O) groups is 2. The summed E-state index contributed by atoms with van der Waals surface area (Å²) in [6.07, 6.45) is 8.40. The highest BCUT2D eigenvalue weighted by atomic mass is 16.7. The van der Waals surface area contributed by atoms with Crippen LogP contribution in [-0.2, 0) is 6.54 Å². The molecule has 9 nitrogen and oxygen atoms in total. The number of hydrogen-bond acceptors (Lipinski definition) is 5. The van der Waals surface area contributed by atoms with Gasteiger partial charge in [0.15, 0.2) is 0 Å². The molecule has 7 rings (SSSR count). The van der Waals surface area contributed by atoms with Crippen LogP contribution in [0.3, 0.4) is 0 Å². The Balaban J connectivity index is 1.19. The van der Waals surface area contributed by atoms with E-state index < -0.39 is 6.16 Å². The largest absolute Gasteiger partial charge is 0.512 e. The second-order valence-electron chi connectivity index (χ2n) is 10.6. The number of nitrogens with one attached hydrogen (secondary N) is 1. The molecule has 178 valence electrons. The van der Waals surface area contributed by atoms with Crippen molar-refractivity contribution < 1.29 is 19.4 Å². The molecule has 3 heterocycles. The van der Waals surface area contributed by atoms with Crippen LogP contribution in [-0.4, -0.2) is 42.9 Å². The van der Waals surface area contributed by atoms with Crippen LogP contribution in [0.5, 0.6) is 5.88 Å². The fourth-order valence-electron chi connectivity index (χ4n) is 7.12. The predicted molar refractivity (Wildman–Crippen MR) is 123 cm³/mol. The quantitative estimate of drug-likeness (QED) is 0.537. The Labute approximate surface area is 197 Å². The highest BCUT2D eigenvalue weighted by molar-refractivity contribution is 5.93. The van der Waals surface area contributed by atoms with Crippen molar-refractivity contribution in [3.63, 3.8) is 0 Å². The van der Waals surface area contributed by atoms with Gasteiger partial charge in [-0.1, -0.05) is 6.07 Å². The Kier molecular flexibility index (Phi) is 4.89. The maximum Gasteiger partial charge on any atom is 0.512 e. The van der Waals surface area contributed by atoms with Crippen LogP contribution in [0.25, 0.3) is 5.65 Å². The zero-order valence-corrected chi connectivity index (χ0v) is 19.2. The van der Waals surface area contributed by atoms with Crippen LogP contribution in [0.4, 0.5) is 4.79 Å². The molecule has 2 N–H and O–H groups in total. The van der Waals surface area contributed by atoms with Crippen molar-refractivity contribution in [2.75, 3.05) is 6.54 Å². The molecule has 0 saturated heterocycles. The Morgan fingerprint density at radius 3 is 2.56 bits per heavy atom. The van der Waals surface area contributed by atoms with E-state index in [0.29, 0.717) is 17.9 Å². The van der Waals surface area contributed by atoms with Gasteiger partial charge < -0.3 is 15.2 Å². The number of aryl methyl sites for hydroxylation is 1. The molecule has 9 heteroatoms. The van der Waals surface area contributed by atoms with Gasteiger partial charge in [0.05, 0.1) is 12.2 Å². The number of aromatic nitrogens is 4. The monoisotopic (exact) mass is 463 g/mol. The van der Waals surface area contributed by atoms with Gasteiger partial charge >= 0.3 is 6.16 Å². The van der Waals surface area contributed by atoms with Crippen molar-refractivity contribution in [2.24, 2.45) is 23.2 Å². The standard InChI is InChI=1S/C25H29N5O4/c1-15-5-22(34-24(32)33)28-30(15)13-19-12-29-20(3-2-4-21(29)27-19)23(31)26-14-25-9-16-6-17(10-25)8-18(7-16)11-25/h2-5,12,16-18H,6-11,13-14H2,1H3,(H,26,31)(H,32,33). The Morgan fingerprint density at radius 1 is 1.18 bits per heavy atom. The molecule has 1 amide bonds. The van der Waals surface area contributed by atoms with Crippen molar-refractivity contribution in [2.45, 2.75) is 52.0 Å². The van der Waals surface area contributed by atoms with E-state index in [1.165, 1.54) is 38.5 Å². The van der Waals surface area contributed by atoms with Crippen LogP contribution in [0, 0.1) is 30.1 Å². The van der Waals surface area contributed by atoms with E-state index in [1.54, 1.807) is 10.7 Å². The minimum Gasteiger partial charge on any atom is -0.449 e. The van der Waals surface area contributed by atoms with Gasteiger partial charge in [-0.3, -0.25) is 13.9 Å². The fourth-order valence-corrected chi connectivity index (χ4v) is 7.12. The second kappa shape index (κ2) is 7.85. The molecule has 4 aliphatic carbocycles. The van der Waals surface area contributed by atoms with Gasteiger partial charge in [-0.25, -0.2) is 9.78 Å².